The number of nitrogens with two attached hydrogens (primary N) is 1. The van der Waals surface area contributed by atoms with Gasteiger partial charge >= 0.3 is 6.09 Å². The van der Waals surface area contributed by atoms with Gasteiger partial charge in [0.05, 0.1) is 0 Å². The Balaban J connectivity index is 1.97. The van der Waals surface area contributed by atoms with Crippen molar-refractivity contribution in [3.05, 3.63) is 34.9 Å². The number of carbonyl (C=O) groups excluding carboxylic acids is 2. The Kier molecular flexibility index (Phi) is 6.02. The molecule has 0 bridgehead atoms. The van der Waals surface area contributed by atoms with Crippen molar-refractivity contribution < 1.29 is 14.3 Å². The molecule has 0 aliphatic carbocycles. The van der Waals surface area contributed by atoms with E-state index in [9.17, 15) is 9.59 Å². The van der Waals surface area contributed by atoms with Crippen LogP contribution in [0, 0.1) is 6.92 Å². The number of aryl methyl sites for hydroxylation is 1. The molecule has 0 unspecified atom stereocenters. The van der Waals surface area contributed by atoms with Gasteiger partial charge in [0.2, 0.25) is 0 Å². The molecule has 1 aliphatic rings. The second-order valence-electron chi connectivity index (χ2n) is 7.38. The number of hydrazine groups is 1. The zero-order valence-electron chi connectivity index (χ0n) is 15.5. The number of carbonyl (C=O) groups is 2. The first kappa shape index (κ1) is 19.2. The molecule has 7 heteroatoms. The molecule has 1 heterocycles. The van der Waals surface area contributed by atoms with Gasteiger partial charge in [0.1, 0.15) is 5.60 Å². The molecule has 1 aromatic carbocycles. The molecule has 0 spiro atoms. The number of benzene rings is 1. The summed E-state index contributed by atoms with van der Waals surface area (Å²) in [5, 5.41) is 0. The lowest BCUT2D eigenvalue weighted by atomic mass is 10.0. The van der Waals surface area contributed by atoms with E-state index in [2.05, 4.69) is 10.3 Å². The topological polar surface area (TPSA) is 87.9 Å². The Labute approximate surface area is 149 Å². The zero-order chi connectivity index (χ0) is 18.6. The molecule has 138 valence electrons. The Morgan fingerprint density at radius 1 is 1.20 bits per heavy atom. The first-order valence-electron chi connectivity index (χ1n) is 8.50. The Hall–Kier alpha value is -2.12. The van der Waals surface area contributed by atoms with E-state index in [-0.39, 0.29) is 12.0 Å². The van der Waals surface area contributed by atoms with E-state index in [0.717, 1.165) is 24.2 Å². The van der Waals surface area contributed by atoms with Crippen molar-refractivity contribution >= 4 is 12.0 Å². The predicted octanol–water partition coefficient (Wildman–Crippen LogP) is 1.65. The monoisotopic (exact) mass is 348 g/mol. The summed E-state index contributed by atoms with van der Waals surface area (Å²) in [5.74, 6) is 5.00. The lowest BCUT2D eigenvalue weighted by Crippen LogP contribution is -2.49. The molecule has 7 nitrogen and oxygen atoms in total. The van der Waals surface area contributed by atoms with Crippen LogP contribution in [0.5, 0.6) is 0 Å². The average molecular weight is 348 g/mol. The van der Waals surface area contributed by atoms with Gasteiger partial charge in [-0.1, -0.05) is 17.7 Å². The maximum atomic E-state index is 12.1. The minimum Gasteiger partial charge on any atom is -0.444 e. The van der Waals surface area contributed by atoms with E-state index < -0.39 is 5.60 Å². The largest absolute Gasteiger partial charge is 0.444 e. The highest BCUT2D eigenvalue weighted by Gasteiger charge is 2.26. The third kappa shape index (κ3) is 5.44. The van der Waals surface area contributed by atoms with E-state index in [0.29, 0.717) is 25.2 Å². The summed E-state index contributed by atoms with van der Waals surface area (Å²) >= 11 is 0. The van der Waals surface area contributed by atoms with Crippen LogP contribution in [-0.4, -0.2) is 53.6 Å². The molecule has 25 heavy (non-hydrogen) atoms. The first-order valence-corrected chi connectivity index (χ1v) is 8.50. The van der Waals surface area contributed by atoms with Crippen LogP contribution in [0.2, 0.25) is 0 Å². The second kappa shape index (κ2) is 7.84. The molecule has 1 saturated heterocycles. The molecule has 0 saturated carbocycles. The van der Waals surface area contributed by atoms with Gasteiger partial charge in [0.25, 0.3) is 5.91 Å². The normalized spacial score (nSPS) is 15.8. The third-order valence-electron chi connectivity index (χ3n) is 4.06. The van der Waals surface area contributed by atoms with Crippen molar-refractivity contribution in [3.63, 3.8) is 0 Å². The fraction of sp³-hybridized carbons (Fsp3) is 0.556. The van der Waals surface area contributed by atoms with Gasteiger partial charge in [-0.2, -0.15) is 0 Å². The highest BCUT2D eigenvalue weighted by molar-refractivity contribution is 5.95. The quantitative estimate of drug-likeness (QED) is 0.493. The summed E-state index contributed by atoms with van der Waals surface area (Å²) in [7, 11) is 0. The Bertz CT molecular complexity index is 632. The van der Waals surface area contributed by atoms with Crippen LogP contribution in [0.1, 0.15) is 42.3 Å². The number of ether oxygens (including phenoxy) is 1. The SMILES string of the molecule is Cc1ccc(CN2CCN(C(=O)OC(C)(C)C)CC2)c(C(=O)NN)c1. The van der Waals surface area contributed by atoms with Gasteiger partial charge in [0, 0.05) is 38.3 Å². The standard InChI is InChI=1S/C18H28N4O3/c1-13-5-6-14(15(11-13)16(23)20-19)12-21-7-9-22(10-8-21)17(24)25-18(2,3)4/h5-6,11H,7-10,12,19H2,1-4H3,(H,20,23). The molecule has 0 aromatic heterocycles. The Morgan fingerprint density at radius 3 is 2.40 bits per heavy atom. The van der Waals surface area contributed by atoms with Crippen molar-refractivity contribution in [2.24, 2.45) is 5.84 Å². The summed E-state index contributed by atoms with van der Waals surface area (Å²) < 4.78 is 5.41. The maximum Gasteiger partial charge on any atom is 0.410 e. The summed E-state index contributed by atoms with van der Waals surface area (Å²) in [6.07, 6.45) is -0.273. The smallest absolute Gasteiger partial charge is 0.410 e. The zero-order valence-corrected chi connectivity index (χ0v) is 15.5. The number of amides is 2. The minimum atomic E-state index is -0.486. The Morgan fingerprint density at radius 2 is 1.84 bits per heavy atom. The minimum absolute atomic E-state index is 0.273. The van der Waals surface area contributed by atoms with Crippen molar-refractivity contribution in [2.75, 3.05) is 26.2 Å². The number of rotatable bonds is 3. The van der Waals surface area contributed by atoms with E-state index in [1.54, 1.807) is 4.90 Å². The molecule has 2 amide bonds. The molecule has 1 fully saturated rings. The lowest BCUT2D eigenvalue weighted by molar-refractivity contribution is 0.0139. The van der Waals surface area contributed by atoms with Gasteiger partial charge in [-0.05, 0) is 39.3 Å². The molecular formula is C18H28N4O3. The molecule has 1 aliphatic heterocycles. The fourth-order valence-corrected chi connectivity index (χ4v) is 2.77. The highest BCUT2D eigenvalue weighted by atomic mass is 16.6. The number of hydrogen-bond acceptors (Lipinski definition) is 5. The van der Waals surface area contributed by atoms with Crippen LogP contribution >= 0.6 is 0 Å². The second-order valence-corrected chi connectivity index (χ2v) is 7.38. The van der Waals surface area contributed by atoms with Gasteiger partial charge < -0.3 is 9.64 Å². The van der Waals surface area contributed by atoms with Crippen LogP contribution < -0.4 is 11.3 Å². The van der Waals surface area contributed by atoms with E-state index in [4.69, 9.17) is 10.6 Å². The first-order chi connectivity index (χ1) is 11.7. The predicted molar refractivity (Wildman–Crippen MR) is 95.9 cm³/mol. The average Bonchev–Trinajstić information content (AvgIpc) is 2.54. The van der Waals surface area contributed by atoms with Crippen molar-refractivity contribution in [1.29, 1.82) is 0 Å². The van der Waals surface area contributed by atoms with Crippen LogP contribution in [0.4, 0.5) is 4.79 Å². The summed E-state index contributed by atoms with van der Waals surface area (Å²) in [4.78, 5) is 28.0. The molecule has 3 N–H and O–H groups in total. The van der Waals surface area contributed by atoms with Gasteiger partial charge in [-0.3, -0.25) is 15.1 Å². The third-order valence-corrected chi connectivity index (χ3v) is 4.06. The van der Waals surface area contributed by atoms with Crippen LogP contribution in [0.25, 0.3) is 0 Å². The van der Waals surface area contributed by atoms with E-state index in [1.165, 1.54) is 0 Å². The molecule has 1 aromatic rings. The molecule has 2 rings (SSSR count). The van der Waals surface area contributed by atoms with Crippen molar-refractivity contribution in [2.45, 2.75) is 39.8 Å². The van der Waals surface area contributed by atoms with Crippen molar-refractivity contribution in [1.82, 2.24) is 15.2 Å². The van der Waals surface area contributed by atoms with Crippen LogP contribution in [-0.2, 0) is 11.3 Å². The number of hydrogen-bond donors (Lipinski definition) is 2. The highest BCUT2D eigenvalue weighted by Crippen LogP contribution is 2.17. The number of piperazine rings is 1. The van der Waals surface area contributed by atoms with Crippen LogP contribution in [0.3, 0.4) is 0 Å². The van der Waals surface area contributed by atoms with E-state index in [1.807, 2.05) is 45.9 Å². The number of nitrogens with zero attached hydrogens (tertiary/aromatic N) is 2. The lowest BCUT2D eigenvalue weighted by Gasteiger charge is -2.35. The molecule has 0 radical (unpaired) electrons. The number of nitrogen functional groups attached to an aromatic ring is 1. The number of nitrogens with one attached hydrogen (secondary N) is 1. The molecular weight excluding hydrogens is 320 g/mol. The maximum absolute atomic E-state index is 12.1. The van der Waals surface area contributed by atoms with E-state index >= 15 is 0 Å². The van der Waals surface area contributed by atoms with Gasteiger partial charge in [-0.15, -0.1) is 0 Å². The van der Waals surface area contributed by atoms with Crippen molar-refractivity contribution in [3.8, 4) is 0 Å². The van der Waals surface area contributed by atoms with Gasteiger partial charge in [-0.25, -0.2) is 10.6 Å². The summed E-state index contributed by atoms with van der Waals surface area (Å²) in [6, 6.07) is 5.79. The summed E-state index contributed by atoms with van der Waals surface area (Å²) in [5.41, 5.74) is 4.25. The van der Waals surface area contributed by atoms with Gasteiger partial charge in [0.15, 0.2) is 0 Å². The van der Waals surface area contributed by atoms with Crippen LogP contribution in [0.15, 0.2) is 18.2 Å². The summed E-state index contributed by atoms with van der Waals surface area (Å²) in [6.45, 7) is 10.9. The fourth-order valence-electron chi connectivity index (χ4n) is 2.77. The molecule has 0 atom stereocenters.